The monoisotopic (exact) mass is 249 g/mol. The number of aromatic nitrogens is 4. The van der Waals surface area contributed by atoms with Crippen LogP contribution in [-0.2, 0) is 0 Å². The molecule has 0 spiro atoms. The Morgan fingerprint density at radius 3 is 2.78 bits per heavy atom. The van der Waals surface area contributed by atoms with E-state index in [1.165, 1.54) is 0 Å². The maximum atomic E-state index is 5.89. The lowest BCUT2D eigenvalue weighted by atomic mass is 10.1. The van der Waals surface area contributed by atoms with Crippen LogP contribution in [0.3, 0.4) is 0 Å². The molecule has 0 fully saturated rings. The Bertz CT molecular complexity index is 522. The lowest BCUT2D eigenvalue weighted by Gasteiger charge is -2.16. The molecule has 0 saturated heterocycles. The first kappa shape index (κ1) is 12.6. The summed E-state index contributed by atoms with van der Waals surface area (Å²) in [6.45, 7) is 6.39. The highest BCUT2D eigenvalue weighted by Gasteiger charge is 2.14. The van der Waals surface area contributed by atoms with Crippen LogP contribution in [-0.4, -0.2) is 33.3 Å². The predicted molar refractivity (Wildman–Crippen MR) is 70.8 cm³/mol. The van der Waals surface area contributed by atoms with Crippen LogP contribution < -0.4 is 10.1 Å². The van der Waals surface area contributed by atoms with Gasteiger partial charge in [0.2, 0.25) is 11.8 Å². The summed E-state index contributed by atoms with van der Waals surface area (Å²) in [5, 5.41) is 10.5. The van der Waals surface area contributed by atoms with Gasteiger partial charge in [-0.15, -0.1) is 0 Å². The summed E-state index contributed by atoms with van der Waals surface area (Å²) in [6, 6.07) is 0. The molecule has 6 heteroatoms. The quantitative estimate of drug-likeness (QED) is 0.849. The van der Waals surface area contributed by atoms with Crippen molar-refractivity contribution in [1.82, 2.24) is 20.2 Å². The van der Waals surface area contributed by atoms with Crippen molar-refractivity contribution in [2.24, 2.45) is 5.92 Å². The smallest absolute Gasteiger partial charge is 0.229 e. The van der Waals surface area contributed by atoms with Crippen molar-refractivity contribution < 1.29 is 4.74 Å². The maximum absolute atomic E-state index is 5.89. The zero-order valence-corrected chi connectivity index (χ0v) is 11.2. The molecule has 18 heavy (non-hydrogen) atoms. The fourth-order valence-corrected chi connectivity index (χ4v) is 1.91. The largest absolute Gasteiger partial charge is 0.474 e. The summed E-state index contributed by atoms with van der Waals surface area (Å²) < 4.78 is 5.89. The van der Waals surface area contributed by atoms with Crippen LogP contribution in [0.5, 0.6) is 5.88 Å². The first-order chi connectivity index (χ1) is 8.60. The van der Waals surface area contributed by atoms with Crippen molar-refractivity contribution in [2.45, 2.75) is 33.3 Å². The number of fused-ring (bicyclic) bond motifs is 1. The Morgan fingerprint density at radius 1 is 1.33 bits per heavy atom. The van der Waals surface area contributed by atoms with Gasteiger partial charge in [0.25, 0.3) is 0 Å². The molecule has 0 bridgehead atoms. The Labute approximate surface area is 106 Å². The van der Waals surface area contributed by atoms with E-state index in [1.807, 2.05) is 6.92 Å². The van der Waals surface area contributed by atoms with Gasteiger partial charge >= 0.3 is 0 Å². The molecule has 0 saturated carbocycles. The number of hydrogen-bond acceptors (Lipinski definition) is 5. The summed E-state index contributed by atoms with van der Waals surface area (Å²) in [7, 11) is 1.78. The van der Waals surface area contributed by atoms with Crippen molar-refractivity contribution in [1.29, 1.82) is 0 Å². The number of hydrogen-bond donors (Lipinski definition) is 2. The lowest BCUT2D eigenvalue weighted by Crippen LogP contribution is -2.15. The predicted octanol–water partition coefficient (Wildman–Crippen LogP) is 2.21. The van der Waals surface area contributed by atoms with E-state index in [-0.39, 0.29) is 6.10 Å². The van der Waals surface area contributed by atoms with Crippen LogP contribution in [0.4, 0.5) is 5.95 Å². The Kier molecular flexibility index (Phi) is 3.64. The molecule has 6 nitrogen and oxygen atoms in total. The first-order valence-electron chi connectivity index (χ1n) is 6.15. The molecule has 0 radical (unpaired) electrons. The van der Waals surface area contributed by atoms with Crippen LogP contribution in [0.25, 0.3) is 11.0 Å². The van der Waals surface area contributed by atoms with Crippen molar-refractivity contribution in [3.05, 3.63) is 6.20 Å². The van der Waals surface area contributed by atoms with Crippen LogP contribution in [0.15, 0.2) is 6.20 Å². The summed E-state index contributed by atoms with van der Waals surface area (Å²) in [4.78, 5) is 8.60. The topological polar surface area (TPSA) is 75.7 Å². The van der Waals surface area contributed by atoms with E-state index in [9.17, 15) is 0 Å². The SMILES string of the molecule is CNc1nc(OC(C)CC(C)C)c2cn[nH]c2n1. The Balaban J connectivity index is 2.28. The van der Waals surface area contributed by atoms with Gasteiger partial charge in [-0.05, 0) is 19.3 Å². The molecule has 2 aromatic heterocycles. The third kappa shape index (κ3) is 2.69. The fraction of sp³-hybridized carbons (Fsp3) is 0.583. The molecule has 1 atom stereocenters. The van der Waals surface area contributed by atoms with Crippen molar-refractivity contribution in [3.63, 3.8) is 0 Å². The first-order valence-corrected chi connectivity index (χ1v) is 6.15. The molecule has 0 aromatic carbocycles. The summed E-state index contributed by atoms with van der Waals surface area (Å²) >= 11 is 0. The average Bonchev–Trinajstić information content (AvgIpc) is 2.75. The van der Waals surface area contributed by atoms with Gasteiger partial charge in [0.05, 0.1) is 12.3 Å². The minimum atomic E-state index is 0.114. The molecule has 2 aromatic rings. The van der Waals surface area contributed by atoms with E-state index >= 15 is 0 Å². The number of nitrogens with one attached hydrogen (secondary N) is 2. The standard InChI is InChI=1S/C12H19N5O/c1-7(2)5-8(3)18-11-9-6-14-17-10(9)15-12(13-4)16-11/h6-8H,5H2,1-4H3,(H2,13,14,15,16,17). The van der Waals surface area contributed by atoms with Crippen molar-refractivity contribution in [3.8, 4) is 5.88 Å². The lowest BCUT2D eigenvalue weighted by molar-refractivity contribution is 0.188. The Hall–Kier alpha value is -1.85. The van der Waals surface area contributed by atoms with Gasteiger partial charge < -0.3 is 10.1 Å². The Morgan fingerprint density at radius 2 is 2.11 bits per heavy atom. The van der Waals surface area contributed by atoms with Gasteiger partial charge in [0, 0.05) is 7.05 Å². The van der Waals surface area contributed by atoms with Crippen molar-refractivity contribution in [2.75, 3.05) is 12.4 Å². The normalized spacial score (nSPS) is 12.9. The minimum absolute atomic E-state index is 0.114. The third-order valence-electron chi connectivity index (χ3n) is 2.61. The third-order valence-corrected chi connectivity index (χ3v) is 2.61. The second-order valence-corrected chi connectivity index (χ2v) is 4.79. The van der Waals surface area contributed by atoms with E-state index in [2.05, 4.69) is 39.3 Å². The van der Waals surface area contributed by atoms with Crippen LogP contribution >= 0.6 is 0 Å². The van der Waals surface area contributed by atoms with Gasteiger partial charge in [-0.2, -0.15) is 15.1 Å². The van der Waals surface area contributed by atoms with E-state index in [0.717, 1.165) is 11.8 Å². The number of H-pyrrole nitrogens is 1. The van der Waals surface area contributed by atoms with Gasteiger partial charge in [0.15, 0.2) is 5.65 Å². The summed E-state index contributed by atoms with van der Waals surface area (Å²) in [6.07, 6.45) is 2.78. The molecular formula is C12H19N5O. The minimum Gasteiger partial charge on any atom is -0.474 e. The van der Waals surface area contributed by atoms with Gasteiger partial charge in [0.1, 0.15) is 5.39 Å². The zero-order valence-electron chi connectivity index (χ0n) is 11.2. The number of nitrogens with zero attached hydrogens (tertiary/aromatic N) is 3. The molecule has 98 valence electrons. The van der Waals surface area contributed by atoms with E-state index in [1.54, 1.807) is 13.2 Å². The number of rotatable bonds is 5. The second kappa shape index (κ2) is 5.20. The molecule has 0 aliphatic heterocycles. The highest BCUT2D eigenvalue weighted by molar-refractivity contribution is 5.80. The number of ether oxygens (including phenoxy) is 1. The molecule has 2 heterocycles. The number of anilines is 1. The number of aromatic amines is 1. The fourth-order valence-electron chi connectivity index (χ4n) is 1.91. The highest BCUT2D eigenvalue weighted by Crippen LogP contribution is 2.24. The van der Waals surface area contributed by atoms with Gasteiger partial charge in [-0.3, -0.25) is 5.10 Å². The van der Waals surface area contributed by atoms with E-state index in [4.69, 9.17) is 4.74 Å². The molecule has 2 rings (SSSR count). The van der Waals surface area contributed by atoms with Crippen LogP contribution in [0, 0.1) is 5.92 Å². The van der Waals surface area contributed by atoms with Crippen molar-refractivity contribution >= 4 is 17.0 Å². The van der Waals surface area contributed by atoms with Crippen LogP contribution in [0.2, 0.25) is 0 Å². The average molecular weight is 249 g/mol. The summed E-state index contributed by atoms with van der Waals surface area (Å²) in [5.41, 5.74) is 0.682. The molecule has 0 aliphatic rings. The molecule has 0 aliphatic carbocycles. The zero-order chi connectivity index (χ0) is 13.1. The maximum Gasteiger partial charge on any atom is 0.229 e. The van der Waals surface area contributed by atoms with E-state index < -0.39 is 0 Å². The van der Waals surface area contributed by atoms with Crippen LogP contribution in [0.1, 0.15) is 27.2 Å². The van der Waals surface area contributed by atoms with Gasteiger partial charge in [-0.25, -0.2) is 0 Å². The molecule has 0 amide bonds. The summed E-state index contributed by atoms with van der Waals surface area (Å²) in [5.74, 6) is 1.69. The molecule has 1 unspecified atom stereocenters. The van der Waals surface area contributed by atoms with E-state index in [0.29, 0.717) is 23.4 Å². The highest BCUT2D eigenvalue weighted by atomic mass is 16.5. The molecular weight excluding hydrogens is 230 g/mol. The van der Waals surface area contributed by atoms with Gasteiger partial charge in [-0.1, -0.05) is 13.8 Å². The second-order valence-electron chi connectivity index (χ2n) is 4.79. The molecule has 2 N–H and O–H groups in total.